The number of rotatable bonds is 5. The minimum Gasteiger partial charge on any atom is -0.345 e. The molecule has 3 aromatic rings. The van der Waals surface area contributed by atoms with Crippen LogP contribution in [0.25, 0.3) is 10.1 Å². The van der Waals surface area contributed by atoms with Crippen molar-refractivity contribution in [2.24, 2.45) is 0 Å². The quantitative estimate of drug-likeness (QED) is 0.428. The topological polar surface area (TPSA) is 128 Å². The Balaban J connectivity index is 1.93. The molecule has 0 bridgehead atoms. The van der Waals surface area contributed by atoms with Gasteiger partial charge in [-0.1, -0.05) is 0 Å². The molecule has 3 rings (SSSR count). The van der Waals surface area contributed by atoms with Gasteiger partial charge in [-0.2, -0.15) is 13.9 Å². The molecule has 8 nitrogen and oxygen atoms in total. The fraction of sp³-hybridized carbons (Fsp3) is 0.154. The third-order valence-electron chi connectivity index (χ3n) is 3.41. The molecule has 138 valence electrons. The SMILES string of the molecule is O=C(NCc1ncn[nH]1)c1ccc2sc(C(F)(F)P(=O)(O)O)c(Br)c2c1. The highest BCUT2D eigenvalue weighted by atomic mass is 79.9. The van der Waals surface area contributed by atoms with Crippen molar-refractivity contribution in [2.45, 2.75) is 12.2 Å². The molecule has 0 fully saturated rings. The molecule has 0 aliphatic rings. The Hall–Kier alpha value is -1.72. The standard InChI is InChI=1S/C13H10BrF2N4O4PS/c14-10-7-3-6(12(21)17-4-9-18-5-19-20-9)1-2-8(7)26-11(10)13(15,16)25(22,23)24/h1-3,5H,4H2,(H,17,21)(H,18,19,20)(H2,22,23,24). The summed E-state index contributed by atoms with van der Waals surface area (Å²) in [6.45, 7) is 0.100. The molecule has 1 amide bonds. The lowest BCUT2D eigenvalue weighted by Gasteiger charge is -2.16. The Kier molecular flexibility index (Phi) is 4.97. The fourth-order valence-corrected chi connectivity index (χ4v) is 5.04. The number of halogens is 3. The summed E-state index contributed by atoms with van der Waals surface area (Å²) in [6.07, 6.45) is 1.29. The van der Waals surface area contributed by atoms with Gasteiger partial charge in [0.1, 0.15) is 17.0 Å². The summed E-state index contributed by atoms with van der Waals surface area (Å²) in [5.74, 6) is -0.0237. The number of alkyl halides is 2. The number of nitrogens with one attached hydrogen (secondary N) is 2. The first-order valence-electron chi connectivity index (χ1n) is 6.89. The monoisotopic (exact) mass is 466 g/mol. The van der Waals surface area contributed by atoms with Crippen molar-refractivity contribution in [3.8, 4) is 0 Å². The van der Waals surface area contributed by atoms with Crippen LogP contribution in [0.4, 0.5) is 8.78 Å². The van der Waals surface area contributed by atoms with Crippen LogP contribution in [-0.4, -0.2) is 30.9 Å². The van der Waals surface area contributed by atoms with E-state index in [2.05, 4.69) is 36.4 Å². The molecule has 0 aliphatic carbocycles. The molecule has 13 heteroatoms. The number of thiophene rings is 1. The van der Waals surface area contributed by atoms with Crippen molar-refractivity contribution in [3.05, 3.63) is 45.3 Å². The Morgan fingerprint density at radius 3 is 2.77 bits per heavy atom. The number of H-pyrrole nitrogens is 1. The van der Waals surface area contributed by atoms with Crippen LogP contribution < -0.4 is 5.32 Å². The zero-order valence-corrected chi connectivity index (χ0v) is 15.9. The first-order valence-corrected chi connectivity index (χ1v) is 10.1. The molecule has 0 unspecified atom stereocenters. The van der Waals surface area contributed by atoms with Crippen LogP contribution in [0, 0.1) is 0 Å². The van der Waals surface area contributed by atoms with Crippen molar-refractivity contribution < 1.29 is 27.9 Å². The largest absolute Gasteiger partial charge is 0.400 e. The highest BCUT2D eigenvalue weighted by Gasteiger charge is 2.53. The molecule has 0 saturated heterocycles. The number of carbonyl (C=O) groups excluding carboxylic acids is 1. The molecule has 0 atom stereocenters. The molecule has 0 spiro atoms. The number of hydrogen-bond acceptors (Lipinski definition) is 5. The van der Waals surface area contributed by atoms with Gasteiger partial charge in [-0.05, 0) is 34.1 Å². The minimum absolute atomic E-state index is 0.100. The predicted molar refractivity (Wildman–Crippen MR) is 93.0 cm³/mol. The van der Waals surface area contributed by atoms with E-state index in [0.29, 0.717) is 21.9 Å². The lowest BCUT2D eigenvalue weighted by Crippen LogP contribution is -2.23. The number of aromatic amines is 1. The number of aromatic nitrogens is 3. The van der Waals surface area contributed by atoms with Crippen LogP contribution in [0.3, 0.4) is 0 Å². The molecule has 0 saturated carbocycles. The highest BCUT2D eigenvalue weighted by molar-refractivity contribution is 9.10. The third kappa shape index (κ3) is 3.42. The van der Waals surface area contributed by atoms with Gasteiger partial charge in [-0.25, -0.2) is 4.98 Å². The average Bonchev–Trinajstić information content (AvgIpc) is 3.19. The molecule has 26 heavy (non-hydrogen) atoms. The molecule has 2 aromatic heterocycles. The van der Waals surface area contributed by atoms with Gasteiger partial charge in [0, 0.05) is 20.1 Å². The van der Waals surface area contributed by atoms with E-state index in [4.69, 9.17) is 9.79 Å². The zero-order chi connectivity index (χ0) is 19.1. The van der Waals surface area contributed by atoms with Gasteiger partial charge in [0.15, 0.2) is 0 Å². The number of hydrogen-bond donors (Lipinski definition) is 4. The van der Waals surface area contributed by atoms with E-state index < -0.39 is 24.0 Å². The van der Waals surface area contributed by atoms with Gasteiger partial charge in [0.25, 0.3) is 5.91 Å². The number of benzene rings is 1. The number of amides is 1. The van der Waals surface area contributed by atoms with Gasteiger partial charge >= 0.3 is 13.3 Å². The molecule has 1 aromatic carbocycles. The smallest absolute Gasteiger partial charge is 0.345 e. The summed E-state index contributed by atoms with van der Waals surface area (Å²) in [7, 11) is -5.69. The van der Waals surface area contributed by atoms with Crippen LogP contribution >= 0.6 is 34.9 Å². The van der Waals surface area contributed by atoms with Crippen molar-refractivity contribution in [1.82, 2.24) is 20.5 Å². The summed E-state index contributed by atoms with van der Waals surface area (Å²) in [4.78, 5) is 33.1. The second-order valence-electron chi connectivity index (χ2n) is 5.16. The van der Waals surface area contributed by atoms with Gasteiger partial charge < -0.3 is 15.1 Å². The van der Waals surface area contributed by atoms with Crippen LogP contribution in [0.2, 0.25) is 0 Å². The van der Waals surface area contributed by atoms with Crippen molar-refractivity contribution in [2.75, 3.05) is 0 Å². The van der Waals surface area contributed by atoms with E-state index in [1.54, 1.807) is 0 Å². The Labute approximate surface area is 156 Å². The normalized spacial score (nSPS) is 12.5. The Morgan fingerprint density at radius 2 is 2.15 bits per heavy atom. The van der Waals surface area contributed by atoms with E-state index in [0.717, 1.165) is 0 Å². The average molecular weight is 467 g/mol. The highest BCUT2D eigenvalue weighted by Crippen LogP contribution is 2.62. The Bertz CT molecular complexity index is 1020. The maximum atomic E-state index is 14.0. The van der Waals surface area contributed by atoms with Crippen molar-refractivity contribution >= 4 is 50.9 Å². The van der Waals surface area contributed by atoms with Crippen LogP contribution in [-0.2, 0) is 16.8 Å². The van der Waals surface area contributed by atoms with Crippen LogP contribution in [0.1, 0.15) is 21.1 Å². The molecule has 0 aliphatic heterocycles. The summed E-state index contributed by atoms with van der Waals surface area (Å²) in [6, 6.07) is 4.23. The Morgan fingerprint density at radius 1 is 1.42 bits per heavy atom. The number of carbonyl (C=O) groups is 1. The molecule has 4 N–H and O–H groups in total. The minimum atomic E-state index is -5.69. The van der Waals surface area contributed by atoms with E-state index in [1.165, 1.54) is 24.5 Å². The summed E-state index contributed by atoms with van der Waals surface area (Å²) in [5, 5.41) is 9.07. The summed E-state index contributed by atoms with van der Waals surface area (Å²) < 4.78 is 39.3. The van der Waals surface area contributed by atoms with Crippen LogP contribution in [0.5, 0.6) is 0 Å². The molecule has 0 radical (unpaired) electrons. The zero-order valence-electron chi connectivity index (χ0n) is 12.6. The first-order chi connectivity index (χ1) is 12.1. The third-order valence-corrected chi connectivity index (χ3v) is 6.84. The van der Waals surface area contributed by atoms with Crippen LogP contribution in [0.15, 0.2) is 29.0 Å². The van der Waals surface area contributed by atoms with Gasteiger partial charge in [0.2, 0.25) is 0 Å². The van der Waals surface area contributed by atoms with E-state index in [9.17, 15) is 18.1 Å². The molecule has 2 heterocycles. The molecular weight excluding hydrogens is 457 g/mol. The maximum absolute atomic E-state index is 14.0. The second-order valence-corrected chi connectivity index (χ2v) is 8.65. The lowest BCUT2D eigenvalue weighted by molar-refractivity contribution is 0.0595. The van der Waals surface area contributed by atoms with Gasteiger partial charge in [-0.15, -0.1) is 11.3 Å². The van der Waals surface area contributed by atoms with E-state index in [-0.39, 0.29) is 22.0 Å². The maximum Gasteiger partial charge on any atom is 0.400 e. The first kappa shape index (κ1) is 19.1. The second kappa shape index (κ2) is 6.78. The molecular formula is C13H10BrF2N4O4PS. The lowest BCUT2D eigenvalue weighted by atomic mass is 10.1. The number of nitrogens with zero attached hydrogens (tertiary/aromatic N) is 2. The summed E-state index contributed by atoms with van der Waals surface area (Å²) in [5.41, 5.74) is -4.13. The summed E-state index contributed by atoms with van der Waals surface area (Å²) >= 11 is 3.51. The fourth-order valence-electron chi connectivity index (χ4n) is 2.12. The van der Waals surface area contributed by atoms with E-state index >= 15 is 0 Å². The van der Waals surface area contributed by atoms with Gasteiger partial charge in [0.05, 0.1) is 6.54 Å². The van der Waals surface area contributed by atoms with Gasteiger partial charge in [-0.3, -0.25) is 14.5 Å². The van der Waals surface area contributed by atoms with Crippen molar-refractivity contribution in [1.29, 1.82) is 0 Å². The number of fused-ring (bicyclic) bond motifs is 1. The predicted octanol–water partition coefficient (Wildman–Crippen LogP) is 2.94. The van der Waals surface area contributed by atoms with Crippen molar-refractivity contribution in [3.63, 3.8) is 0 Å². The van der Waals surface area contributed by atoms with E-state index in [1.807, 2.05) is 0 Å².